The fourth-order valence-electron chi connectivity index (χ4n) is 3.83. The number of hydrogen-bond donors (Lipinski definition) is 1. The third-order valence-electron chi connectivity index (χ3n) is 5.56. The quantitative estimate of drug-likeness (QED) is 0.442. The van der Waals surface area contributed by atoms with Gasteiger partial charge in [-0.3, -0.25) is 9.89 Å². The van der Waals surface area contributed by atoms with Crippen molar-refractivity contribution in [1.82, 2.24) is 14.8 Å². The number of nitrogens with one attached hydrogen (secondary N) is 1. The lowest BCUT2D eigenvalue weighted by atomic mass is 9.96. The Labute approximate surface area is 180 Å². The number of hydrogen-bond acceptors (Lipinski definition) is 3. The van der Waals surface area contributed by atoms with Crippen LogP contribution < -0.4 is 4.90 Å². The van der Waals surface area contributed by atoms with Crippen LogP contribution in [-0.4, -0.2) is 20.7 Å². The molecule has 0 saturated carbocycles. The predicted octanol–water partition coefficient (Wildman–Crippen LogP) is 5.14. The summed E-state index contributed by atoms with van der Waals surface area (Å²) in [7, 11) is 1.75. The van der Waals surface area contributed by atoms with Gasteiger partial charge in [0.1, 0.15) is 11.6 Å². The van der Waals surface area contributed by atoms with Gasteiger partial charge in [0.15, 0.2) is 4.77 Å². The number of alkyl halides is 3. The van der Waals surface area contributed by atoms with Gasteiger partial charge in [0.05, 0.1) is 12.1 Å². The molecule has 1 aliphatic heterocycles. The van der Waals surface area contributed by atoms with Crippen LogP contribution in [0.4, 0.5) is 23.2 Å². The second kappa shape index (κ2) is 7.60. The van der Waals surface area contributed by atoms with E-state index >= 15 is 0 Å². The second-order valence-corrected chi connectivity index (χ2v) is 7.92. The fourth-order valence-corrected chi connectivity index (χ4v) is 3.98. The molecule has 0 bridgehead atoms. The molecule has 10 heteroatoms. The maximum atomic E-state index is 14.6. The monoisotopic (exact) mass is 450 g/mol. The molecular weight excluding hydrogens is 432 g/mol. The molecule has 2 heterocycles. The van der Waals surface area contributed by atoms with Gasteiger partial charge in [-0.15, -0.1) is 0 Å². The van der Waals surface area contributed by atoms with Crippen LogP contribution >= 0.6 is 12.2 Å². The molecule has 0 aliphatic carbocycles. The lowest BCUT2D eigenvalue weighted by Gasteiger charge is -2.20. The van der Waals surface area contributed by atoms with Crippen molar-refractivity contribution >= 4 is 23.8 Å². The Balaban J connectivity index is 1.66. The summed E-state index contributed by atoms with van der Waals surface area (Å²) in [4.78, 5) is 14.1. The molecule has 31 heavy (non-hydrogen) atoms. The Hall–Kier alpha value is -3.01. The van der Waals surface area contributed by atoms with Gasteiger partial charge in [0.2, 0.25) is 0 Å². The first kappa shape index (κ1) is 21.2. The molecule has 0 fully saturated rings. The van der Waals surface area contributed by atoms with Crippen molar-refractivity contribution in [3.63, 3.8) is 0 Å². The number of fused-ring (bicyclic) bond motifs is 1. The fraction of sp³-hybridized carbons (Fsp3) is 0.286. The van der Waals surface area contributed by atoms with Crippen LogP contribution in [0, 0.1) is 10.6 Å². The van der Waals surface area contributed by atoms with Crippen molar-refractivity contribution in [3.05, 3.63) is 75.1 Å². The van der Waals surface area contributed by atoms with Crippen LogP contribution in [-0.2, 0) is 26.2 Å². The number of aromatic amines is 1. The van der Waals surface area contributed by atoms with E-state index < -0.39 is 23.5 Å². The molecule has 1 N–H and O–H groups in total. The van der Waals surface area contributed by atoms with E-state index in [1.54, 1.807) is 11.6 Å². The Morgan fingerprint density at radius 3 is 2.65 bits per heavy atom. The van der Waals surface area contributed by atoms with Crippen molar-refractivity contribution < 1.29 is 22.4 Å². The van der Waals surface area contributed by atoms with Gasteiger partial charge in [-0.25, -0.2) is 4.39 Å². The average molecular weight is 450 g/mol. The molecule has 0 radical (unpaired) electrons. The molecule has 1 unspecified atom stereocenters. The molecule has 1 atom stereocenters. The standard InChI is InChI=1S/C21H18F4N4OS/c1-11(8-18-26-27-20(31)28(18)2)14-9-12(6-7-17(14)22)29-10-15-13(19(29)30)4-3-5-16(15)21(23,24)25/h3-7,9,11H,8,10H2,1-2H3,(H,27,31). The smallest absolute Gasteiger partial charge is 0.307 e. The number of aromatic nitrogens is 3. The number of nitrogens with zero attached hydrogens (tertiary/aromatic N) is 3. The minimum atomic E-state index is -4.56. The van der Waals surface area contributed by atoms with Gasteiger partial charge in [0.25, 0.3) is 5.91 Å². The zero-order valence-corrected chi connectivity index (χ0v) is 17.4. The zero-order valence-electron chi connectivity index (χ0n) is 16.6. The molecule has 162 valence electrons. The van der Waals surface area contributed by atoms with Crippen LogP contribution in [0.1, 0.15) is 45.7 Å². The van der Waals surface area contributed by atoms with Crippen molar-refractivity contribution in [2.24, 2.45) is 7.05 Å². The number of amides is 1. The van der Waals surface area contributed by atoms with E-state index in [0.29, 0.717) is 28.3 Å². The van der Waals surface area contributed by atoms with Gasteiger partial charge in [0, 0.05) is 24.7 Å². The predicted molar refractivity (Wildman–Crippen MR) is 109 cm³/mol. The first-order valence-electron chi connectivity index (χ1n) is 9.48. The molecule has 5 nitrogen and oxygen atoms in total. The van der Waals surface area contributed by atoms with Crippen molar-refractivity contribution in [2.75, 3.05) is 4.90 Å². The third kappa shape index (κ3) is 3.76. The van der Waals surface area contributed by atoms with E-state index in [9.17, 15) is 22.4 Å². The summed E-state index contributed by atoms with van der Waals surface area (Å²) in [5, 5.41) is 6.81. The Bertz CT molecular complexity index is 1230. The molecular formula is C21H18F4N4OS. The van der Waals surface area contributed by atoms with E-state index in [4.69, 9.17) is 12.2 Å². The first-order chi connectivity index (χ1) is 14.6. The zero-order chi connectivity index (χ0) is 22.5. The van der Waals surface area contributed by atoms with Gasteiger partial charge in [-0.2, -0.15) is 18.3 Å². The van der Waals surface area contributed by atoms with E-state index in [0.717, 1.165) is 6.07 Å². The SMILES string of the molecule is CC(Cc1n[nH]c(=S)n1C)c1cc(N2Cc3c(cccc3C(F)(F)F)C2=O)ccc1F. The van der Waals surface area contributed by atoms with Crippen LogP contribution in [0.5, 0.6) is 0 Å². The Morgan fingerprint density at radius 1 is 1.26 bits per heavy atom. The number of halogens is 4. The maximum Gasteiger partial charge on any atom is 0.416 e. The normalized spacial score (nSPS) is 14.8. The molecule has 3 aromatic rings. The highest BCUT2D eigenvalue weighted by Crippen LogP contribution is 2.39. The highest BCUT2D eigenvalue weighted by Gasteiger charge is 2.39. The summed E-state index contributed by atoms with van der Waals surface area (Å²) >= 11 is 5.09. The number of carbonyl (C=O) groups excluding carboxylic acids is 1. The average Bonchev–Trinajstić information content (AvgIpc) is 3.21. The van der Waals surface area contributed by atoms with Crippen molar-refractivity contribution in [3.8, 4) is 0 Å². The summed E-state index contributed by atoms with van der Waals surface area (Å²) in [5.41, 5.74) is -0.211. The summed E-state index contributed by atoms with van der Waals surface area (Å²) in [6, 6.07) is 7.70. The van der Waals surface area contributed by atoms with E-state index in [-0.39, 0.29) is 23.6 Å². The summed E-state index contributed by atoms with van der Waals surface area (Å²) in [5.74, 6) is -0.676. The largest absolute Gasteiger partial charge is 0.416 e. The highest BCUT2D eigenvalue weighted by atomic mass is 32.1. The Kier molecular flexibility index (Phi) is 5.20. The van der Waals surface area contributed by atoms with E-state index in [1.807, 2.05) is 6.92 Å². The van der Waals surface area contributed by atoms with Crippen molar-refractivity contribution in [1.29, 1.82) is 0 Å². The lowest BCUT2D eigenvalue weighted by molar-refractivity contribution is -0.138. The van der Waals surface area contributed by atoms with E-state index in [2.05, 4.69) is 10.2 Å². The molecule has 1 aliphatic rings. The first-order valence-corrected chi connectivity index (χ1v) is 9.89. The lowest BCUT2D eigenvalue weighted by Crippen LogP contribution is -2.23. The minimum absolute atomic E-state index is 0.00951. The minimum Gasteiger partial charge on any atom is -0.307 e. The molecule has 2 aromatic carbocycles. The Morgan fingerprint density at radius 2 is 2.00 bits per heavy atom. The van der Waals surface area contributed by atoms with Gasteiger partial charge in [-0.1, -0.05) is 13.0 Å². The summed E-state index contributed by atoms with van der Waals surface area (Å²) in [6.45, 7) is 1.58. The van der Waals surface area contributed by atoms with Gasteiger partial charge >= 0.3 is 6.18 Å². The number of benzene rings is 2. The molecule has 0 saturated heterocycles. The van der Waals surface area contributed by atoms with Crippen molar-refractivity contribution in [2.45, 2.75) is 32.0 Å². The van der Waals surface area contributed by atoms with Crippen LogP contribution in [0.3, 0.4) is 0 Å². The molecule has 0 spiro atoms. The topological polar surface area (TPSA) is 53.9 Å². The molecule has 1 aromatic heterocycles. The van der Waals surface area contributed by atoms with Crippen LogP contribution in [0.2, 0.25) is 0 Å². The third-order valence-corrected chi connectivity index (χ3v) is 5.92. The number of anilines is 1. The highest BCUT2D eigenvalue weighted by molar-refractivity contribution is 7.71. The summed E-state index contributed by atoms with van der Waals surface area (Å²) in [6.07, 6.45) is -4.18. The maximum absolute atomic E-state index is 14.6. The number of carbonyl (C=O) groups is 1. The molecule has 1 amide bonds. The number of rotatable bonds is 4. The molecule has 4 rings (SSSR count). The second-order valence-electron chi connectivity index (χ2n) is 7.54. The van der Waals surface area contributed by atoms with Crippen LogP contribution in [0.15, 0.2) is 36.4 Å². The van der Waals surface area contributed by atoms with Crippen LogP contribution in [0.25, 0.3) is 0 Å². The van der Waals surface area contributed by atoms with Gasteiger partial charge in [-0.05, 0) is 59.6 Å². The number of H-pyrrole nitrogens is 1. The summed E-state index contributed by atoms with van der Waals surface area (Å²) < 4.78 is 56.8. The van der Waals surface area contributed by atoms with Gasteiger partial charge < -0.3 is 9.47 Å². The van der Waals surface area contributed by atoms with E-state index in [1.165, 1.54) is 35.2 Å².